The van der Waals surface area contributed by atoms with Crippen molar-refractivity contribution in [2.75, 3.05) is 14.2 Å². The van der Waals surface area contributed by atoms with Gasteiger partial charge in [-0.2, -0.15) is 0 Å². The summed E-state index contributed by atoms with van der Waals surface area (Å²) in [6, 6.07) is 9.91. The van der Waals surface area contributed by atoms with Crippen molar-refractivity contribution in [2.45, 2.75) is 12.8 Å². The Balaban J connectivity index is 2.01. The molecule has 0 saturated carbocycles. The third-order valence-corrected chi connectivity index (χ3v) is 3.35. The first-order valence-electron chi connectivity index (χ1n) is 6.08. The normalized spacial score (nSPS) is 15.4. The summed E-state index contributed by atoms with van der Waals surface area (Å²) in [5.74, 6) is -1.13. The second-order valence-corrected chi connectivity index (χ2v) is 4.45. The van der Waals surface area contributed by atoms with Crippen molar-refractivity contribution in [1.29, 1.82) is 0 Å². The van der Waals surface area contributed by atoms with Gasteiger partial charge in [0, 0.05) is 0 Å². The van der Waals surface area contributed by atoms with Crippen molar-refractivity contribution < 1.29 is 19.1 Å². The van der Waals surface area contributed by atoms with Crippen molar-refractivity contribution in [3.8, 4) is 0 Å². The Hall–Kier alpha value is -2.10. The maximum absolute atomic E-state index is 11.7. The molecule has 1 aromatic carbocycles. The van der Waals surface area contributed by atoms with Gasteiger partial charge in [0.2, 0.25) is 5.41 Å². The lowest BCUT2D eigenvalue weighted by atomic mass is 9.97. The number of aryl methyl sites for hydroxylation is 1. The van der Waals surface area contributed by atoms with Gasteiger partial charge in [-0.05, 0) is 24.0 Å². The molecular formula is C15H16O4. The average molecular weight is 260 g/mol. The molecule has 2 rings (SSSR count). The lowest BCUT2D eigenvalue weighted by Gasteiger charge is -2.13. The van der Waals surface area contributed by atoms with Crippen LogP contribution in [0.25, 0.3) is 0 Å². The SMILES string of the molecule is COC(=O)C1(C(=O)OC)C=C1CCc1ccccc1. The third-order valence-electron chi connectivity index (χ3n) is 3.35. The van der Waals surface area contributed by atoms with E-state index in [-0.39, 0.29) is 0 Å². The quantitative estimate of drug-likeness (QED) is 0.461. The van der Waals surface area contributed by atoms with E-state index in [0.717, 1.165) is 12.0 Å². The molecule has 0 saturated heterocycles. The molecule has 0 N–H and O–H groups in total. The molecule has 4 nitrogen and oxygen atoms in total. The first-order valence-corrected chi connectivity index (χ1v) is 6.08. The molecule has 4 heteroatoms. The summed E-state index contributed by atoms with van der Waals surface area (Å²) in [4.78, 5) is 23.5. The van der Waals surface area contributed by atoms with Crippen LogP contribution < -0.4 is 0 Å². The largest absolute Gasteiger partial charge is 0.468 e. The third kappa shape index (κ3) is 2.38. The van der Waals surface area contributed by atoms with Crippen LogP contribution >= 0.6 is 0 Å². The van der Waals surface area contributed by atoms with Gasteiger partial charge in [-0.3, -0.25) is 9.59 Å². The number of hydrogen-bond donors (Lipinski definition) is 0. The molecule has 0 heterocycles. The van der Waals surface area contributed by atoms with Crippen LogP contribution in [0.15, 0.2) is 42.0 Å². The van der Waals surface area contributed by atoms with Gasteiger partial charge in [-0.1, -0.05) is 36.4 Å². The zero-order valence-electron chi connectivity index (χ0n) is 11.0. The van der Waals surface area contributed by atoms with Crippen LogP contribution in [0.4, 0.5) is 0 Å². The van der Waals surface area contributed by atoms with Crippen LogP contribution in [-0.4, -0.2) is 26.2 Å². The fourth-order valence-corrected chi connectivity index (χ4v) is 2.20. The van der Waals surface area contributed by atoms with Crippen LogP contribution in [0.3, 0.4) is 0 Å². The molecule has 0 aromatic heterocycles. The first-order chi connectivity index (χ1) is 9.15. The van der Waals surface area contributed by atoms with E-state index >= 15 is 0 Å². The smallest absolute Gasteiger partial charge is 0.331 e. The monoisotopic (exact) mass is 260 g/mol. The Bertz CT molecular complexity index is 500. The molecule has 0 unspecified atom stereocenters. The number of esters is 2. The number of rotatable bonds is 5. The number of methoxy groups -OCH3 is 2. The molecule has 0 radical (unpaired) electrons. The molecule has 0 fully saturated rings. The first kappa shape index (κ1) is 13.3. The highest BCUT2D eigenvalue weighted by atomic mass is 16.5. The summed E-state index contributed by atoms with van der Waals surface area (Å²) >= 11 is 0. The van der Waals surface area contributed by atoms with Gasteiger partial charge in [-0.15, -0.1) is 0 Å². The fourth-order valence-electron chi connectivity index (χ4n) is 2.20. The van der Waals surface area contributed by atoms with Crippen molar-refractivity contribution in [1.82, 2.24) is 0 Å². The molecule has 0 aliphatic heterocycles. The van der Waals surface area contributed by atoms with E-state index in [9.17, 15) is 9.59 Å². The van der Waals surface area contributed by atoms with E-state index < -0.39 is 17.4 Å². The second kappa shape index (κ2) is 5.26. The van der Waals surface area contributed by atoms with Crippen LogP contribution in [-0.2, 0) is 25.5 Å². The zero-order chi connectivity index (χ0) is 13.9. The number of benzene rings is 1. The Morgan fingerprint density at radius 1 is 1.00 bits per heavy atom. The van der Waals surface area contributed by atoms with Crippen LogP contribution in [0, 0.1) is 5.41 Å². The summed E-state index contributed by atoms with van der Waals surface area (Å²) in [6.07, 6.45) is 3.06. The van der Waals surface area contributed by atoms with Crippen molar-refractivity contribution in [3.05, 3.63) is 47.5 Å². The van der Waals surface area contributed by atoms with Gasteiger partial charge in [0.1, 0.15) is 0 Å². The second-order valence-electron chi connectivity index (χ2n) is 4.45. The van der Waals surface area contributed by atoms with Crippen molar-refractivity contribution in [2.24, 2.45) is 5.41 Å². The molecule has 0 atom stereocenters. The predicted molar refractivity (Wildman–Crippen MR) is 69.3 cm³/mol. The van der Waals surface area contributed by atoms with Crippen LogP contribution in [0.2, 0.25) is 0 Å². The Labute approximate surface area is 112 Å². The molecule has 1 aliphatic rings. The van der Waals surface area contributed by atoms with E-state index in [1.807, 2.05) is 30.3 Å². The number of carbonyl (C=O) groups is 2. The molecule has 0 bridgehead atoms. The van der Waals surface area contributed by atoms with E-state index in [4.69, 9.17) is 9.47 Å². The summed E-state index contributed by atoms with van der Waals surface area (Å²) < 4.78 is 9.38. The molecule has 0 spiro atoms. The van der Waals surface area contributed by atoms with Gasteiger partial charge in [0.05, 0.1) is 14.2 Å². The molecular weight excluding hydrogens is 244 g/mol. The Morgan fingerprint density at radius 3 is 2.11 bits per heavy atom. The van der Waals surface area contributed by atoms with Gasteiger partial charge in [0.25, 0.3) is 0 Å². The van der Waals surface area contributed by atoms with Crippen LogP contribution in [0.1, 0.15) is 12.0 Å². The highest BCUT2D eigenvalue weighted by Gasteiger charge is 2.59. The average Bonchev–Trinajstić information content (AvgIpc) is 3.20. The Morgan fingerprint density at radius 2 is 1.58 bits per heavy atom. The minimum atomic E-state index is -1.27. The zero-order valence-corrected chi connectivity index (χ0v) is 11.0. The van der Waals surface area contributed by atoms with Crippen LogP contribution in [0.5, 0.6) is 0 Å². The van der Waals surface area contributed by atoms with Gasteiger partial charge in [0.15, 0.2) is 0 Å². The molecule has 100 valence electrons. The summed E-state index contributed by atoms with van der Waals surface area (Å²) in [6.45, 7) is 0. The van der Waals surface area contributed by atoms with E-state index in [1.54, 1.807) is 6.08 Å². The minimum Gasteiger partial charge on any atom is -0.468 e. The molecule has 0 amide bonds. The summed E-state index contributed by atoms with van der Waals surface area (Å²) in [5.41, 5.74) is 0.673. The maximum Gasteiger partial charge on any atom is 0.331 e. The predicted octanol–water partition coefficient (Wildman–Crippen LogP) is 1.89. The van der Waals surface area contributed by atoms with E-state index in [1.165, 1.54) is 19.8 Å². The van der Waals surface area contributed by atoms with E-state index in [0.29, 0.717) is 6.42 Å². The fraction of sp³-hybridized carbons (Fsp3) is 0.333. The van der Waals surface area contributed by atoms with Gasteiger partial charge < -0.3 is 9.47 Å². The summed E-state index contributed by atoms with van der Waals surface area (Å²) in [5, 5.41) is 0. The highest BCUT2D eigenvalue weighted by molar-refractivity contribution is 6.10. The Kier molecular flexibility index (Phi) is 3.69. The van der Waals surface area contributed by atoms with Gasteiger partial charge >= 0.3 is 11.9 Å². The number of carbonyl (C=O) groups excluding carboxylic acids is 2. The van der Waals surface area contributed by atoms with Crippen molar-refractivity contribution in [3.63, 3.8) is 0 Å². The molecule has 19 heavy (non-hydrogen) atoms. The lowest BCUT2D eigenvalue weighted by molar-refractivity contribution is -0.159. The summed E-state index contributed by atoms with van der Waals surface area (Å²) in [7, 11) is 2.54. The lowest BCUT2D eigenvalue weighted by Crippen LogP contribution is -2.31. The van der Waals surface area contributed by atoms with Gasteiger partial charge in [-0.25, -0.2) is 0 Å². The maximum atomic E-state index is 11.7. The minimum absolute atomic E-state index is 0.567. The molecule has 1 aliphatic carbocycles. The van der Waals surface area contributed by atoms with Crippen molar-refractivity contribution >= 4 is 11.9 Å². The molecule has 1 aromatic rings. The standard InChI is InChI=1S/C15H16O4/c1-18-13(16)15(14(17)19-2)10-12(15)9-8-11-6-4-3-5-7-11/h3-7,10H,8-9H2,1-2H3. The number of hydrogen-bond acceptors (Lipinski definition) is 4. The topological polar surface area (TPSA) is 52.6 Å². The highest BCUT2D eigenvalue weighted by Crippen LogP contribution is 2.48. The van der Waals surface area contributed by atoms with E-state index in [2.05, 4.69) is 0 Å². The number of ether oxygens (including phenoxy) is 2.